The number of nitrogens with two attached hydrogens (primary N) is 1. The van der Waals surface area contributed by atoms with Gasteiger partial charge in [0, 0.05) is 18.0 Å². The van der Waals surface area contributed by atoms with E-state index < -0.39 is 12.8 Å². The summed E-state index contributed by atoms with van der Waals surface area (Å²) in [6.07, 6.45) is -3.04. The topological polar surface area (TPSA) is 72.5 Å². The van der Waals surface area contributed by atoms with E-state index in [0.717, 1.165) is 5.69 Å². The highest BCUT2D eigenvalue weighted by Gasteiger charge is 2.28. The van der Waals surface area contributed by atoms with Crippen molar-refractivity contribution in [2.75, 3.05) is 11.9 Å². The van der Waals surface area contributed by atoms with E-state index in [4.69, 9.17) is 5.73 Å². The van der Waals surface area contributed by atoms with Crippen LogP contribution in [-0.2, 0) is 6.54 Å². The Morgan fingerprint density at radius 2 is 2.04 bits per heavy atom. The van der Waals surface area contributed by atoms with Crippen molar-refractivity contribution >= 4 is 11.6 Å². The number of anilines is 1. The number of hydrogen-bond donors (Lipinski definition) is 2. The lowest BCUT2D eigenvalue weighted by molar-refractivity contribution is -0.154. The molecule has 0 fully saturated rings. The molecule has 1 aromatic heterocycles. The Morgan fingerprint density at radius 3 is 2.73 bits per heavy atom. The first kappa shape index (κ1) is 19.6. The first-order chi connectivity index (χ1) is 12.2. The molecule has 0 aliphatic heterocycles. The van der Waals surface area contributed by atoms with Crippen molar-refractivity contribution in [2.45, 2.75) is 32.5 Å². The Balaban J connectivity index is 1.97. The highest BCUT2D eigenvalue weighted by molar-refractivity contribution is 5.92. The van der Waals surface area contributed by atoms with Crippen molar-refractivity contribution in [1.29, 1.82) is 0 Å². The van der Waals surface area contributed by atoms with Crippen LogP contribution in [0.3, 0.4) is 0 Å². The lowest BCUT2D eigenvalue weighted by Gasteiger charge is -2.10. The summed E-state index contributed by atoms with van der Waals surface area (Å²) < 4.78 is 41.2. The van der Waals surface area contributed by atoms with Crippen LogP contribution in [0.1, 0.15) is 30.9 Å². The second-order valence-electron chi connectivity index (χ2n) is 6.01. The minimum absolute atomic E-state index is 0.105. The molecule has 0 saturated heterocycles. The van der Waals surface area contributed by atoms with Crippen molar-refractivity contribution in [1.82, 2.24) is 4.98 Å². The number of ether oxygens (including phenoxy) is 1. The van der Waals surface area contributed by atoms with Crippen LogP contribution < -0.4 is 15.8 Å². The van der Waals surface area contributed by atoms with Crippen LogP contribution in [0.5, 0.6) is 5.88 Å². The molecule has 26 heavy (non-hydrogen) atoms. The number of aliphatic imine (C=N–C) groups is 1. The van der Waals surface area contributed by atoms with Gasteiger partial charge >= 0.3 is 6.18 Å². The molecule has 8 heteroatoms. The summed E-state index contributed by atoms with van der Waals surface area (Å²) in [5.41, 5.74) is 8.50. The van der Waals surface area contributed by atoms with Crippen LogP contribution in [0.4, 0.5) is 18.9 Å². The molecule has 0 spiro atoms. The molecule has 2 aromatic rings. The Labute approximate surface area is 150 Å². The molecule has 1 heterocycles. The highest BCUT2D eigenvalue weighted by Crippen LogP contribution is 2.19. The third-order valence-corrected chi connectivity index (χ3v) is 3.44. The number of nitrogens with one attached hydrogen (secondary N) is 1. The molecular formula is C18H21F3N4O. The molecule has 0 bridgehead atoms. The van der Waals surface area contributed by atoms with E-state index in [1.54, 1.807) is 6.07 Å². The summed E-state index contributed by atoms with van der Waals surface area (Å²) in [6, 6.07) is 10.9. The molecule has 2 rings (SSSR count). The number of aromatic nitrogens is 1. The van der Waals surface area contributed by atoms with Crippen molar-refractivity contribution in [3.8, 4) is 5.88 Å². The van der Waals surface area contributed by atoms with Crippen molar-refractivity contribution < 1.29 is 17.9 Å². The van der Waals surface area contributed by atoms with E-state index in [0.29, 0.717) is 11.5 Å². The van der Waals surface area contributed by atoms with E-state index in [1.165, 1.54) is 17.8 Å². The molecule has 5 nitrogen and oxygen atoms in total. The van der Waals surface area contributed by atoms with Gasteiger partial charge in [-0.1, -0.05) is 26.0 Å². The number of nitrogens with zero attached hydrogens (tertiary/aromatic N) is 2. The van der Waals surface area contributed by atoms with Gasteiger partial charge in [-0.15, -0.1) is 0 Å². The SMILES string of the molecule is CC(C)c1cccc(NC(N)=NCc2ccnc(OCC(F)(F)F)c2)c1. The molecule has 1 aromatic carbocycles. The minimum atomic E-state index is -4.41. The molecular weight excluding hydrogens is 345 g/mol. The second-order valence-corrected chi connectivity index (χ2v) is 6.01. The number of alkyl halides is 3. The number of guanidine groups is 1. The number of halogens is 3. The van der Waals surface area contributed by atoms with E-state index in [9.17, 15) is 13.2 Å². The average molecular weight is 366 g/mol. The lowest BCUT2D eigenvalue weighted by atomic mass is 10.0. The summed E-state index contributed by atoms with van der Waals surface area (Å²) in [7, 11) is 0. The summed E-state index contributed by atoms with van der Waals surface area (Å²) in [6.45, 7) is 2.99. The van der Waals surface area contributed by atoms with Gasteiger partial charge in [0.2, 0.25) is 5.88 Å². The third kappa shape index (κ3) is 6.62. The maximum Gasteiger partial charge on any atom is 0.422 e. The molecule has 0 radical (unpaired) electrons. The number of hydrogen-bond acceptors (Lipinski definition) is 3. The standard InChI is InChI=1S/C18H21F3N4O/c1-12(2)14-4-3-5-15(9-14)25-17(22)24-10-13-6-7-23-16(8-13)26-11-18(19,20)21/h3-9,12H,10-11H2,1-2H3,(H3,22,24,25). The van der Waals surface area contributed by atoms with Crippen molar-refractivity contribution in [2.24, 2.45) is 10.7 Å². The molecule has 3 N–H and O–H groups in total. The Morgan fingerprint density at radius 1 is 1.27 bits per heavy atom. The largest absolute Gasteiger partial charge is 0.468 e. The van der Waals surface area contributed by atoms with Crippen molar-refractivity contribution in [3.63, 3.8) is 0 Å². The monoisotopic (exact) mass is 366 g/mol. The highest BCUT2D eigenvalue weighted by atomic mass is 19.4. The Kier molecular flexibility index (Phi) is 6.43. The molecule has 0 aliphatic carbocycles. The molecule has 0 unspecified atom stereocenters. The lowest BCUT2D eigenvalue weighted by Crippen LogP contribution is -2.22. The van der Waals surface area contributed by atoms with Gasteiger partial charge in [0.1, 0.15) is 0 Å². The fourth-order valence-corrected chi connectivity index (χ4v) is 2.12. The van der Waals surface area contributed by atoms with Gasteiger partial charge in [-0.2, -0.15) is 13.2 Å². The smallest absolute Gasteiger partial charge is 0.422 e. The number of pyridine rings is 1. The zero-order chi connectivity index (χ0) is 19.2. The van der Waals surface area contributed by atoms with Gasteiger partial charge in [0.25, 0.3) is 0 Å². The zero-order valence-electron chi connectivity index (χ0n) is 14.5. The predicted octanol–water partition coefficient (Wildman–Crippen LogP) is 4.07. The van der Waals surface area contributed by atoms with E-state index in [2.05, 4.69) is 33.9 Å². The average Bonchev–Trinajstić information content (AvgIpc) is 2.58. The Bertz CT molecular complexity index is 760. The van der Waals surface area contributed by atoms with Crippen LogP contribution in [0.15, 0.2) is 47.6 Å². The molecule has 0 amide bonds. The summed E-state index contributed by atoms with van der Waals surface area (Å²) in [5, 5.41) is 3.00. The molecule has 0 saturated carbocycles. The van der Waals surface area contributed by atoms with Crippen LogP contribution in [0, 0.1) is 0 Å². The maximum absolute atomic E-state index is 12.2. The second kappa shape index (κ2) is 8.55. The molecule has 0 aliphatic rings. The number of rotatable bonds is 6. The van der Waals surface area contributed by atoms with Crippen LogP contribution in [0.2, 0.25) is 0 Å². The Hall–Kier alpha value is -2.77. The molecule has 0 atom stereocenters. The van der Waals surface area contributed by atoms with E-state index >= 15 is 0 Å². The quantitative estimate of drug-likeness (QED) is 0.597. The van der Waals surface area contributed by atoms with Crippen LogP contribution in [0.25, 0.3) is 0 Å². The molecule has 140 valence electrons. The number of benzene rings is 1. The van der Waals surface area contributed by atoms with Gasteiger partial charge in [-0.25, -0.2) is 9.98 Å². The van der Waals surface area contributed by atoms with Gasteiger partial charge in [-0.3, -0.25) is 0 Å². The first-order valence-electron chi connectivity index (χ1n) is 8.04. The summed E-state index contributed by atoms with van der Waals surface area (Å²) >= 11 is 0. The predicted molar refractivity (Wildman–Crippen MR) is 95.3 cm³/mol. The van der Waals surface area contributed by atoms with Gasteiger partial charge < -0.3 is 15.8 Å². The fraction of sp³-hybridized carbons (Fsp3) is 0.333. The summed E-state index contributed by atoms with van der Waals surface area (Å²) in [5.74, 6) is 0.494. The van der Waals surface area contributed by atoms with Crippen LogP contribution >= 0.6 is 0 Å². The summed E-state index contributed by atoms with van der Waals surface area (Å²) in [4.78, 5) is 7.94. The third-order valence-electron chi connectivity index (χ3n) is 3.44. The minimum Gasteiger partial charge on any atom is -0.468 e. The zero-order valence-corrected chi connectivity index (χ0v) is 14.5. The van der Waals surface area contributed by atoms with Crippen molar-refractivity contribution in [3.05, 3.63) is 53.7 Å². The first-order valence-corrected chi connectivity index (χ1v) is 8.04. The maximum atomic E-state index is 12.2. The fourth-order valence-electron chi connectivity index (χ4n) is 2.12. The normalized spacial score (nSPS) is 12.3. The van der Waals surface area contributed by atoms with E-state index in [1.807, 2.05) is 24.3 Å². The van der Waals surface area contributed by atoms with Gasteiger partial charge in [-0.05, 0) is 35.2 Å². The van der Waals surface area contributed by atoms with E-state index in [-0.39, 0.29) is 18.4 Å². The van der Waals surface area contributed by atoms with Gasteiger partial charge in [0.15, 0.2) is 12.6 Å². The van der Waals surface area contributed by atoms with Gasteiger partial charge in [0.05, 0.1) is 6.54 Å². The van der Waals surface area contributed by atoms with Crippen LogP contribution in [-0.4, -0.2) is 23.7 Å².